The molecule has 1 unspecified atom stereocenters. The standard InChI is InChI=1S/C24H28N2O5S/c1-30-22-11-9-18(17-23(22)32(28,29)26-13-15-31-16-14-26)10-12-24(27)25-21-8-4-6-19-5-2-3-7-20(19)21/h2-3,5,7,9-12,17,21H,4,6,8,13-16H2,1H3,(H,25,27). The lowest BCUT2D eigenvalue weighted by atomic mass is 9.88. The lowest BCUT2D eigenvalue weighted by Crippen LogP contribution is -2.40. The van der Waals surface area contributed by atoms with E-state index in [1.54, 1.807) is 24.3 Å². The van der Waals surface area contributed by atoms with Gasteiger partial charge in [0.2, 0.25) is 15.9 Å². The van der Waals surface area contributed by atoms with Crippen molar-refractivity contribution < 1.29 is 22.7 Å². The number of amides is 1. The number of methoxy groups -OCH3 is 1. The molecule has 170 valence electrons. The molecule has 0 spiro atoms. The molecule has 1 N–H and O–H groups in total. The molecule has 4 rings (SSSR count). The third kappa shape index (κ3) is 4.87. The molecule has 1 amide bonds. The molecular weight excluding hydrogens is 428 g/mol. The van der Waals surface area contributed by atoms with Crippen LogP contribution in [0.15, 0.2) is 53.4 Å². The van der Waals surface area contributed by atoms with E-state index < -0.39 is 10.0 Å². The van der Waals surface area contributed by atoms with Crippen LogP contribution in [0.1, 0.15) is 35.6 Å². The summed E-state index contributed by atoms with van der Waals surface area (Å²) in [5, 5.41) is 3.07. The SMILES string of the molecule is COc1ccc(C=CC(=O)NC2CCCc3ccccc32)cc1S(=O)(=O)N1CCOCC1. The Kier molecular flexibility index (Phi) is 6.93. The smallest absolute Gasteiger partial charge is 0.246 e. The van der Waals surface area contributed by atoms with E-state index in [9.17, 15) is 13.2 Å². The van der Waals surface area contributed by atoms with Crippen molar-refractivity contribution in [3.8, 4) is 5.75 Å². The maximum Gasteiger partial charge on any atom is 0.246 e. The topological polar surface area (TPSA) is 84.9 Å². The number of hydrogen-bond donors (Lipinski definition) is 1. The number of rotatable bonds is 6. The summed E-state index contributed by atoms with van der Waals surface area (Å²) in [7, 11) is -2.29. The van der Waals surface area contributed by atoms with Gasteiger partial charge in [0.25, 0.3) is 0 Å². The Morgan fingerprint density at radius 1 is 1.19 bits per heavy atom. The zero-order valence-corrected chi connectivity index (χ0v) is 18.9. The molecule has 2 aromatic rings. The minimum Gasteiger partial charge on any atom is -0.495 e. The van der Waals surface area contributed by atoms with Gasteiger partial charge in [-0.15, -0.1) is 0 Å². The summed E-state index contributed by atoms with van der Waals surface area (Å²) in [6.45, 7) is 1.34. The number of hydrogen-bond acceptors (Lipinski definition) is 5. The summed E-state index contributed by atoms with van der Waals surface area (Å²) in [6.07, 6.45) is 6.05. The third-order valence-corrected chi connectivity index (χ3v) is 7.81. The van der Waals surface area contributed by atoms with Crippen molar-refractivity contribution in [2.75, 3.05) is 33.4 Å². The predicted molar refractivity (Wildman–Crippen MR) is 122 cm³/mol. The minimum absolute atomic E-state index is 0.00905. The molecule has 1 heterocycles. The maximum atomic E-state index is 13.1. The van der Waals surface area contributed by atoms with Gasteiger partial charge in [-0.3, -0.25) is 4.79 Å². The van der Waals surface area contributed by atoms with Crippen LogP contribution < -0.4 is 10.1 Å². The molecular formula is C24H28N2O5S. The Labute approximate surface area is 189 Å². The average molecular weight is 457 g/mol. The fraction of sp³-hybridized carbons (Fsp3) is 0.375. The van der Waals surface area contributed by atoms with E-state index in [0.717, 1.165) is 19.3 Å². The summed E-state index contributed by atoms with van der Waals surface area (Å²) in [5.74, 6) is 0.0667. The van der Waals surface area contributed by atoms with Gasteiger partial charge in [-0.25, -0.2) is 8.42 Å². The number of benzene rings is 2. The number of nitrogens with one attached hydrogen (secondary N) is 1. The highest BCUT2D eigenvalue weighted by atomic mass is 32.2. The molecule has 0 saturated carbocycles. The Bertz CT molecular complexity index is 1110. The van der Waals surface area contributed by atoms with Gasteiger partial charge in [0.1, 0.15) is 10.6 Å². The van der Waals surface area contributed by atoms with Crippen LogP contribution in [-0.2, 0) is 26.0 Å². The van der Waals surface area contributed by atoms with Crippen LogP contribution in [-0.4, -0.2) is 52.0 Å². The quantitative estimate of drug-likeness (QED) is 0.676. The molecule has 32 heavy (non-hydrogen) atoms. The molecule has 0 aromatic heterocycles. The van der Waals surface area contributed by atoms with E-state index in [2.05, 4.69) is 17.4 Å². The van der Waals surface area contributed by atoms with Gasteiger partial charge in [0.05, 0.1) is 26.4 Å². The van der Waals surface area contributed by atoms with Crippen LogP contribution in [0.4, 0.5) is 0 Å². The predicted octanol–water partition coefficient (Wildman–Crippen LogP) is 2.92. The van der Waals surface area contributed by atoms with Crippen LogP contribution in [0.2, 0.25) is 0 Å². The van der Waals surface area contributed by atoms with Crippen LogP contribution in [0, 0.1) is 0 Å². The first-order chi connectivity index (χ1) is 15.5. The van der Waals surface area contributed by atoms with E-state index in [1.165, 1.54) is 28.6 Å². The zero-order valence-electron chi connectivity index (χ0n) is 18.1. The maximum absolute atomic E-state index is 13.1. The summed E-state index contributed by atoms with van der Waals surface area (Å²) >= 11 is 0. The van der Waals surface area contributed by atoms with E-state index in [4.69, 9.17) is 9.47 Å². The van der Waals surface area contributed by atoms with Crippen molar-refractivity contribution in [1.29, 1.82) is 0 Å². The highest BCUT2D eigenvalue weighted by Crippen LogP contribution is 2.30. The first kappa shape index (κ1) is 22.5. The van der Waals surface area contributed by atoms with Gasteiger partial charge >= 0.3 is 0 Å². The van der Waals surface area contributed by atoms with Crippen molar-refractivity contribution in [3.63, 3.8) is 0 Å². The second-order valence-corrected chi connectivity index (χ2v) is 9.82. The van der Waals surface area contributed by atoms with Gasteiger partial charge < -0.3 is 14.8 Å². The Morgan fingerprint density at radius 2 is 1.97 bits per heavy atom. The second kappa shape index (κ2) is 9.85. The van der Waals surface area contributed by atoms with Gasteiger partial charge in [0.15, 0.2) is 0 Å². The molecule has 1 aliphatic heterocycles. The number of carbonyl (C=O) groups excluding carboxylic acids is 1. The molecule has 1 saturated heterocycles. The number of sulfonamides is 1. The number of fused-ring (bicyclic) bond motifs is 1. The summed E-state index contributed by atoms with van der Waals surface area (Å²) in [4.78, 5) is 12.7. The van der Waals surface area contributed by atoms with Crippen LogP contribution in [0.3, 0.4) is 0 Å². The molecule has 2 aromatic carbocycles. The lowest BCUT2D eigenvalue weighted by molar-refractivity contribution is -0.117. The molecule has 7 nitrogen and oxygen atoms in total. The number of aryl methyl sites for hydroxylation is 1. The summed E-state index contributed by atoms with van der Waals surface area (Å²) in [5.41, 5.74) is 3.06. The van der Waals surface area contributed by atoms with E-state index in [1.807, 2.05) is 12.1 Å². The van der Waals surface area contributed by atoms with Crippen molar-refractivity contribution >= 4 is 22.0 Å². The Morgan fingerprint density at radius 3 is 2.75 bits per heavy atom. The number of morpholine rings is 1. The van der Waals surface area contributed by atoms with Crippen molar-refractivity contribution in [2.24, 2.45) is 0 Å². The molecule has 1 fully saturated rings. The zero-order chi connectivity index (χ0) is 22.6. The normalized spacial score (nSPS) is 19.5. The highest BCUT2D eigenvalue weighted by Gasteiger charge is 2.29. The average Bonchev–Trinajstić information content (AvgIpc) is 2.83. The first-order valence-electron chi connectivity index (χ1n) is 10.8. The molecule has 1 atom stereocenters. The van der Waals surface area contributed by atoms with Gasteiger partial charge in [-0.1, -0.05) is 30.3 Å². The Balaban J connectivity index is 1.51. The Hall–Kier alpha value is -2.68. The van der Waals surface area contributed by atoms with Gasteiger partial charge in [-0.2, -0.15) is 4.31 Å². The van der Waals surface area contributed by atoms with Gasteiger partial charge in [0, 0.05) is 19.2 Å². The van der Waals surface area contributed by atoms with E-state index in [-0.39, 0.29) is 22.6 Å². The van der Waals surface area contributed by atoms with Crippen LogP contribution in [0.5, 0.6) is 5.75 Å². The van der Waals surface area contributed by atoms with E-state index in [0.29, 0.717) is 31.9 Å². The number of nitrogens with zero attached hydrogens (tertiary/aromatic N) is 1. The minimum atomic E-state index is -3.73. The monoisotopic (exact) mass is 456 g/mol. The molecule has 0 radical (unpaired) electrons. The van der Waals surface area contributed by atoms with Gasteiger partial charge in [-0.05, 0) is 54.2 Å². The molecule has 8 heteroatoms. The number of carbonyl (C=O) groups is 1. The van der Waals surface area contributed by atoms with Crippen LogP contribution in [0.25, 0.3) is 6.08 Å². The van der Waals surface area contributed by atoms with Crippen molar-refractivity contribution in [2.45, 2.75) is 30.2 Å². The largest absolute Gasteiger partial charge is 0.495 e. The van der Waals surface area contributed by atoms with E-state index >= 15 is 0 Å². The van der Waals surface area contributed by atoms with Crippen molar-refractivity contribution in [3.05, 3.63) is 65.2 Å². The fourth-order valence-electron chi connectivity index (χ4n) is 4.22. The number of ether oxygens (including phenoxy) is 2. The second-order valence-electron chi connectivity index (χ2n) is 7.91. The van der Waals surface area contributed by atoms with Crippen molar-refractivity contribution in [1.82, 2.24) is 9.62 Å². The summed E-state index contributed by atoms with van der Waals surface area (Å²) in [6, 6.07) is 13.1. The molecule has 0 bridgehead atoms. The first-order valence-corrected chi connectivity index (χ1v) is 12.3. The molecule has 2 aliphatic rings. The highest BCUT2D eigenvalue weighted by molar-refractivity contribution is 7.89. The summed E-state index contributed by atoms with van der Waals surface area (Å²) < 4.78 is 38.2. The fourth-order valence-corrected chi connectivity index (χ4v) is 5.82. The lowest BCUT2D eigenvalue weighted by Gasteiger charge is -2.26. The molecule has 1 aliphatic carbocycles. The third-order valence-electron chi connectivity index (χ3n) is 5.89. The van der Waals surface area contributed by atoms with Crippen LogP contribution >= 0.6 is 0 Å².